The van der Waals surface area contributed by atoms with Crippen molar-refractivity contribution in [1.82, 2.24) is 14.9 Å². The fourth-order valence-corrected chi connectivity index (χ4v) is 5.08. The van der Waals surface area contributed by atoms with E-state index >= 15 is 0 Å². The zero-order chi connectivity index (χ0) is 17.2. The molecule has 24 heavy (non-hydrogen) atoms. The van der Waals surface area contributed by atoms with Crippen molar-refractivity contribution in [1.29, 1.82) is 0 Å². The van der Waals surface area contributed by atoms with Crippen LogP contribution < -0.4 is 10.6 Å². The molecule has 2 aliphatic rings. The van der Waals surface area contributed by atoms with Crippen LogP contribution >= 0.6 is 0 Å². The van der Waals surface area contributed by atoms with Crippen molar-refractivity contribution >= 4 is 15.9 Å². The molecule has 2 aliphatic heterocycles. The van der Waals surface area contributed by atoms with Gasteiger partial charge in [-0.05, 0) is 50.4 Å². The van der Waals surface area contributed by atoms with Crippen molar-refractivity contribution in [2.45, 2.75) is 43.5 Å². The molecule has 3 rings (SSSR count). The Morgan fingerprint density at radius 1 is 1.25 bits per heavy atom. The normalized spacial score (nSPS) is 22.5. The van der Waals surface area contributed by atoms with E-state index in [2.05, 4.69) is 10.6 Å². The lowest BCUT2D eigenvalue weighted by atomic mass is 10.1. The molecule has 2 N–H and O–H groups in total. The van der Waals surface area contributed by atoms with Gasteiger partial charge in [-0.15, -0.1) is 0 Å². The van der Waals surface area contributed by atoms with E-state index in [0.717, 1.165) is 38.8 Å². The van der Waals surface area contributed by atoms with E-state index in [1.54, 1.807) is 23.4 Å². The predicted molar refractivity (Wildman–Crippen MR) is 92.5 cm³/mol. The smallest absolute Gasteiger partial charge is 0.251 e. The Balaban J connectivity index is 1.84. The minimum atomic E-state index is -3.53. The molecule has 1 atom stereocenters. The average molecular weight is 351 g/mol. The molecule has 2 heterocycles. The highest BCUT2D eigenvalue weighted by Crippen LogP contribution is 2.24. The van der Waals surface area contributed by atoms with Gasteiger partial charge in [-0.2, -0.15) is 4.31 Å². The quantitative estimate of drug-likeness (QED) is 0.856. The minimum absolute atomic E-state index is 0.112. The second-order valence-electron chi connectivity index (χ2n) is 6.61. The summed E-state index contributed by atoms with van der Waals surface area (Å²) < 4.78 is 27.4. The number of rotatable bonds is 4. The van der Waals surface area contributed by atoms with Crippen molar-refractivity contribution in [3.63, 3.8) is 0 Å². The molecule has 1 aromatic rings. The Morgan fingerprint density at radius 2 is 2.00 bits per heavy atom. The Bertz CT molecular complexity index is 706. The Labute approximate surface area is 143 Å². The molecule has 0 aliphatic carbocycles. The molecule has 2 fully saturated rings. The molecule has 1 unspecified atom stereocenters. The number of carbonyl (C=O) groups excluding carboxylic acids is 1. The van der Waals surface area contributed by atoms with Crippen molar-refractivity contribution < 1.29 is 13.2 Å². The highest BCUT2D eigenvalue weighted by molar-refractivity contribution is 7.89. The Hall–Kier alpha value is -1.44. The zero-order valence-corrected chi connectivity index (χ0v) is 14.9. The van der Waals surface area contributed by atoms with Gasteiger partial charge in [0, 0.05) is 31.2 Å². The molecule has 0 saturated carbocycles. The second-order valence-corrected chi connectivity index (χ2v) is 8.51. The lowest BCUT2D eigenvalue weighted by molar-refractivity contribution is 0.0940. The fraction of sp³-hybridized carbons (Fsp3) is 0.588. The van der Waals surface area contributed by atoms with Crippen LogP contribution in [0.5, 0.6) is 0 Å². The molecule has 6 nitrogen and oxygen atoms in total. The van der Waals surface area contributed by atoms with Crippen LogP contribution in [-0.2, 0) is 10.0 Å². The third-order valence-corrected chi connectivity index (χ3v) is 6.82. The molecule has 7 heteroatoms. The summed E-state index contributed by atoms with van der Waals surface area (Å²) in [4.78, 5) is 12.7. The van der Waals surface area contributed by atoms with Crippen LogP contribution in [0.2, 0.25) is 0 Å². The fourth-order valence-electron chi connectivity index (χ4n) is 3.31. The number of hydrogen-bond acceptors (Lipinski definition) is 4. The summed E-state index contributed by atoms with van der Waals surface area (Å²) in [5.74, 6) is -0.209. The van der Waals surface area contributed by atoms with Crippen LogP contribution in [0, 0.1) is 6.92 Å². The standard InChI is InChI=1S/C17H25N3O3S/c1-13-5-6-14(17(21)19-15-7-8-18-12-15)11-16(13)24(22,23)20-9-3-2-4-10-20/h5-6,11,15,18H,2-4,7-10,12H2,1H3,(H,19,21). The summed E-state index contributed by atoms with van der Waals surface area (Å²) in [5.41, 5.74) is 1.09. The number of benzene rings is 1. The number of aryl methyl sites for hydroxylation is 1. The van der Waals surface area contributed by atoms with Crippen molar-refractivity contribution in [2.75, 3.05) is 26.2 Å². The van der Waals surface area contributed by atoms with Gasteiger partial charge in [0.05, 0.1) is 4.90 Å². The van der Waals surface area contributed by atoms with E-state index in [0.29, 0.717) is 24.2 Å². The third-order valence-electron chi connectivity index (χ3n) is 4.78. The van der Waals surface area contributed by atoms with E-state index in [9.17, 15) is 13.2 Å². The van der Waals surface area contributed by atoms with Crippen LogP contribution in [0.25, 0.3) is 0 Å². The van der Waals surface area contributed by atoms with Gasteiger partial charge in [0.2, 0.25) is 10.0 Å². The van der Waals surface area contributed by atoms with Crippen LogP contribution in [0.15, 0.2) is 23.1 Å². The van der Waals surface area contributed by atoms with Crippen LogP contribution in [0.3, 0.4) is 0 Å². The Morgan fingerprint density at radius 3 is 2.67 bits per heavy atom. The van der Waals surface area contributed by atoms with Gasteiger partial charge in [0.25, 0.3) is 5.91 Å². The van der Waals surface area contributed by atoms with Gasteiger partial charge in [-0.3, -0.25) is 4.79 Å². The van der Waals surface area contributed by atoms with E-state index < -0.39 is 10.0 Å². The highest BCUT2D eigenvalue weighted by Gasteiger charge is 2.28. The number of nitrogens with one attached hydrogen (secondary N) is 2. The van der Waals surface area contributed by atoms with Crippen molar-refractivity contribution in [2.24, 2.45) is 0 Å². The molecule has 1 amide bonds. The second kappa shape index (κ2) is 7.21. The van der Waals surface area contributed by atoms with Gasteiger partial charge < -0.3 is 10.6 Å². The van der Waals surface area contributed by atoms with E-state index in [-0.39, 0.29) is 16.8 Å². The lowest BCUT2D eigenvalue weighted by Crippen LogP contribution is -2.37. The van der Waals surface area contributed by atoms with Crippen LogP contribution in [0.1, 0.15) is 41.6 Å². The molecule has 0 radical (unpaired) electrons. The summed E-state index contributed by atoms with van der Waals surface area (Å²) in [6.07, 6.45) is 3.76. The van der Waals surface area contributed by atoms with Crippen LogP contribution in [-0.4, -0.2) is 50.9 Å². The Kier molecular flexibility index (Phi) is 5.22. The summed E-state index contributed by atoms with van der Waals surface area (Å²) in [6.45, 7) is 4.56. The van der Waals surface area contributed by atoms with Crippen molar-refractivity contribution in [3.05, 3.63) is 29.3 Å². The summed E-state index contributed by atoms with van der Waals surface area (Å²) in [5, 5.41) is 6.16. The summed E-state index contributed by atoms with van der Waals surface area (Å²) >= 11 is 0. The van der Waals surface area contributed by atoms with Gasteiger partial charge in [0.1, 0.15) is 0 Å². The third kappa shape index (κ3) is 3.63. The molecule has 0 spiro atoms. The topological polar surface area (TPSA) is 78.5 Å². The van der Waals surface area contributed by atoms with E-state index in [4.69, 9.17) is 0 Å². The van der Waals surface area contributed by atoms with Gasteiger partial charge in [-0.25, -0.2) is 8.42 Å². The van der Waals surface area contributed by atoms with E-state index in [1.807, 2.05) is 0 Å². The number of carbonyl (C=O) groups is 1. The monoisotopic (exact) mass is 351 g/mol. The highest BCUT2D eigenvalue weighted by atomic mass is 32.2. The SMILES string of the molecule is Cc1ccc(C(=O)NC2CCNC2)cc1S(=O)(=O)N1CCCCC1. The molecular formula is C17H25N3O3S. The number of sulfonamides is 1. The van der Waals surface area contributed by atoms with Gasteiger partial charge >= 0.3 is 0 Å². The van der Waals surface area contributed by atoms with Gasteiger partial charge in [0.15, 0.2) is 0 Å². The van der Waals surface area contributed by atoms with Crippen LogP contribution in [0.4, 0.5) is 0 Å². The van der Waals surface area contributed by atoms with E-state index in [1.165, 1.54) is 6.07 Å². The molecule has 0 aromatic heterocycles. The number of nitrogens with zero attached hydrogens (tertiary/aromatic N) is 1. The number of amides is 1. The molecule has 132 valence electrons. The first-order valence-electron chi connectivity index (χ1n) is 8.61. The maximum Gasteiger partial charge on any atom is 0.251 e. The molecule has 0 bridgehead atoms. The summed E-state index contributed by atoms with van der Waals surface area (Å²) in [7, 11) is -3.53. The summed E-state index contributed by atoms with van der Waals surface area (Å²) in [6, 6.07) is 5.05. The van der Waals surface area contributed by atoms with Gasteiger partial charge in [-0.1, -0.05) is 12.5 Å². The largest absolute Gasteiger partial charge is 0.348 e. The zero-order valence-electron chi connectivity index (χ0n) is 14.0. The molecular weight excluding hydrogens is 326 g/mol. The first-order valence-corrected chi connectivity index (χ1v) is 10.0. The number of piperidine rings is 1. The lowest BCUT2D eigenvalue weighted by Gasteiger charge is -2.26. The maximum absolute atomic E-state index is 12.9. The molecule has 2 saturated heterocycles. The predicted octanol–water partition coefficient (Wildman–Crippen LogP) is 1.26. The number of hydrogen-bond donors (Lipinski definition) is 2. The minimum Gasteiger partial charge on any atom is -0.348 e. The molecule has 1 aromatic carbocycles. The maximum atomic E-state index is 12.9. The van der Waals surface area contributed by atoms with Crippen molar-refractivity contribution in [3.8, 4) is 0 Å². The first-order chi connectivity index (χ1) is 11.5. The first kappa shape index (κ1) is 17.4. The average Bonchev–Trinajstić information content (AvgIpc) is 3.09.